The number of nitrogens with zero attached hydrogens (tertiary/aromatic N) is 4. The lowest BCUT2D eigenvalue weighted by Crippen LogP contribution is -2.24. The molecule has 0 spiro atoms. The zero-order valence-corrected chi connectivity index (χ0v) is 11.4. The van der Waals surface area contributed by atoms with E-state index in [9.17, 15) is 4.79 Å². The second kappa shape index (κ2) is 4.30. The van der Waals surface area contributed by atoms with Crippen LogP contribution < -0.4 is 4.74 Å². The van der Waals surface area contributed by atoms with E-state index in [1.165, 1.54) is 13.4 Å². The number of aromatic amines is 1. The number of ether oxygens (including phenoxy) is 1. The standard InChI is InChI=1S/C11H13N5O2S/c1-15-4-3-6(10(15)17)16-8-7(14-11(16)19)9(18-2)13-5-12-8/h5-6H,3-4H2,1-2H3,(H,14,19). The van der Waals surface area contributed by atoms with Crippen LogP contribution in [0.4, 0.5) is 0 Å². The molecule has 8 heteroatoms. The molecule has 0 bridgehead atoms. The summed E-state index contributed by atoms with van der Waals surface area (Å²) in [6.07, 6.45) is 2.13. The van der Waals surface area contributed by atoms with Crippen molar-refractivity contribution in [1.29, 1.82) is 0 Å². The fraction of sp³-hybridized carbons (Fsp3) is 0.455. The van der Waals surface area contributed by atoms with Gasteiger partial charge in [-0.05, 0) is 18.6 Å². The molecule has 1 fully saturated rings. The Kier molecular flexibility index (Phi) is 2.74. The van der Waals surface area contributed by atoms with Gasteiger partial charge in [-0.15, -0.1) is 0 Å². The predicted octanol–water partition coefficient (Wildman–Crippen LogP) is 0.901. The highest BCUT2D eigenvalue weighted by Crippen LogP contribution is 2.28. The maximum atomic E-state index is 12.1. The second-order valence-electron chi connectivity index (χ2n) is 4.45. The number of hydrogen-bond acceptors (Lipinski definition) is 5. The first-order valence-electron chi connectivity index (χ1n) is 5.87. The molecule has 1 amide bonds. The van der Waals surface area contributed by atoms with E-state index in [1.54, 1.807) is 16.5 Å². The van der Waals surface area contributed by atoms with Crippen molar-refractivity contribution in [2.45, 2.75) is 12.5 Å². The van der Waals surface area contributed by atoms with Gasteiger partial charge in [-0.1, -0.05) is 0 Å². The molecule has 1 unspecified atom stereocenters. The Morgan fingerprint density at radius 3 is 2.95 bits per heavy atom. The van der Waals surface area contributed by atoms with Crippen LogP contribution in [-0.2, 0) is 4.79 Å². The van der Waals surface area contributed by atoms with Gasteiger partial charge in [-0.2, -0.15) is 4.98 Å². The molecule has 100 valence electrons. The quantitative estimate of drug-likeness (QED) is 0.827. The highest BCUT2D eigenvalue weighted by Gasteiger charge is 2.32. The van der Waals surface area contributed by atoms with Crippen LogP contribution in [0.3, 0.4) is 0 Å². The number of rotatable bonds is 2. The molecule has 1 aliphatic rings. The maximum absolute atomic E-state index is 12.1. The summed E-state index contributed by atoms with van der Waals surface area (Å²) in [6.45, 7) is 0.722. The van der Waals surface area contributed by atoms with Crippen LogP contribution in [0.1, 0.15) is 12.5 Å². The Labute approximate surface area is 114 Å². The van der Waals surface area contributed by atoms with Crippen LogP contribution >= 0.6 is 12.2 Å². The molecule has 1 N–H and O–H groups in total. The van der Waals surface area contributed by atoms with Crippen molar-refractivity contribution in [1.82, 2.24) is 24.4 Å². The van der Waals surface area contributed by atoms with Crippen molar-refractivity contribution in [3.05, 3.63) is 11.1 Å². The van der Waals surface area contributed by atoms with E-state index in [2.05, 4.69) is 15.0 Å². The van der Waals surface area contributed by atoms with Gasteiger partial charge in [0.05, 0.1) is 7.11 Å². The van der Waals surface area contributed by atoms with E-state index in [0.717, 1.165) is 13.0 Å². The lowest BCUT2D eigenvalue weighted by Gasteiger charge is -2.12. The lowest BCUT2D eigenvalue weighted by atomic mass is 10.2. The van der Waals surface area contributed by atoms with Gasteiger partial charge in [0.1, 0.15) is 17.9 Å². The van der Waals surface area contributed by atoms with Gasteiger partial charge < -0.3 is 14.6 Å². The first kappa shape index (κ1) is 12.1. The van der Waals surface area contributed by atoms with E-state index in [1.807, 2.05) is 0 Å². The zero-order valence-electron chi connectivity index (χ0n) is 10.6. The normalized spacial score (nSPS) is 19.4. The molecular formula is C11H13N5O2S. The number of carbonyl (C=O) groups excluding carboxylic acids is 1. The van der Waals surface area contributed by atoms with Gasteiger partial charge in [-0.25, -0.2) is 4.98 Å². The van der Waals surface area contributed by atoms with Crippen molar-refractivity contribution >= 4 is 29.3 Å². The molecule has 0 aliphatic carbocycles. The van der Waals surface area contributed by atoms with Crippen molar-refractivity contribution in [3.8, 4) is 5.88 Å². The molecular weight excluding hydrogens is 266 g/mol. The molecule has 2 aromatic rings. The van der Waals surface area contributed by atoms with Crippen molar-refractivity contribution < 1.29 is 9.53 Å². The van der Waals surface area contributed by atoms with Crippen molar-refractivity contribution in [3.63, 3.8) is 0 Å². The van der Waals surface area contributed by atoms with Crippen LogP contribution in [0.5, 0.6) is 5.88 Å². The Morgan fingerprint density at radius 1 is 1.53 bits per heavy atom. The third kappa shape index (κ3) is 1.71. The molecule has 3 rings (SSSR count). The van der Waals surface area contributed by atoms with Crippen LogP contribution in [0.2, 0.25) is 0 Å². The number of likely N-dealkylation sites (N-methyl/N-ethyl adjacent to an activating group) is 1. The SMILES string of the molecule is COc1ncnc2c1[nH]c(=S)n2C1CCN(C)C1=O. The number of nitrogens with one attached hydrogen (secondary N) is 1. The zero-order chi connectivity index (χ0) is 13.6. The van der Waals surface area contributed by atoms with Crippen LogP contribution in [0, 0.1) is 4.77 Å². The lowest BCUT2D eigenvalue weighted by molar-refractivity contribution is -0.129. The van der Waals surface area contributed by atoms with Crippen LogP contribution in [0.15, 0.2) is 6.33 Å². The predicted molar refractivity (Wildman–Crippen MR) is 70.6 cm³/mol. The minimum absolute atomic E-state index is 0.0505. The summed E-state index contributed by atoms with van der Waals surface area (Å²) < 4.78 is 7.38. The average molecular weight is 279 g/mol. The van der Waals surface area contributed by atoms with Gasteiger partial charge in [0.2, 0.25) is 11.8 Å². The van der Waals surface area contributed by atoms with Gasteiger partial charge in [0.15, 0.2) is 10.4 Å². The minimum Gasteiger partial charge on any atom is -0.479 e. The molecule has 7 nitrogen and oxygen atoms in total. The number of H-pyrrole nitrogens is 1. The Hall–Kier alpha value is -1.96. The topological polar surface area (TPSA) is 76.0 Å². The first-order valence-corrected chi connectivity index (χ1v) is 6.28. The number of fused-ring (bicyclic) bond motifs is 1. The van der Waals surface area contributed by atoms with Crippen LogP contribution in [0.25, 0.3) is 11.2 Å². The van der Waals surface area contributed by atoms with E-state index < -0.39 is 0 Å². The van der Waals surface area contributed by atoms with E-state index >= 15 is 0 Å². The molecule has 1 saturated heterocycles. The summed E-state index contributed by atoms with van der Waals surface area (Å²) in [7, 11) is 3.32. The number of carbonyl (C=O) groups is 1. The average Bonchev–Trinajstić information content (AvgIpc) is 2.90. The molecule has 19 heavy (non-hydrogen) atoms. The van der Waals surface area contributed by atoms with Crippen molar-refractivity contribution in [2.75, 3.05) is 20.7 Å². The Bertz CT molecular complexity index is 707. The number of amides is 1. The van der Waals surface area contributed by atoms with E-state index in [4.69, 9.17) is 17.0 Å². The fourth-order valence-electron chi connectivity index (χ4n) is 2.40. The third-order valence-corrected chi connectivity index (χ3v) is 3.67. The third-order valence-electron chi connectivity index (χ3n) is 3.38. The van der Waals surface area contributed by atoms with Gasteiger partial charge in [-0.3, -0.25) is 9.36 Å². The van der Waals surface area contributed by atoms with E-state index in [-0.39, 0.29) is 11.9 Å². The molecule has 1 aliphatic heterocycles. The smallest absolute Gasteiger partial charge is 0.245 e. The number of aromatic nitrogens is 4. The van der Waals surface area contributed by atoms with Gasteiger partial charge in [0, 0.05) is 13.6 Å². The summed E-state index contributed by atoms with van der Waals surface area (Å²) in [5.41, 5.74) is 1.22. The molecule has 0 radical (unpaired) electrons. The number of likely N-dealkylation sites (tertiary alicyclic amines) is 1. The second-order valence-corrected chi connectivity index (χ2v) is 4.83. The maximum Gasteiger partial charge on any atom is 0.245 e. The van der Waals surface area contributed by atoms with Crippen molar-refractivity contribution in [2.24, 2.45) is 0 Å². The number of hydrogen-bond donors (Lipinski definition) is 1. The minimum atomic E-state index is -0.300. The Morgan fingerprint density at radius 2 is 2.32 bits per heavy atom. The van der Waals surface area contributed by atoms with Crippen LogP contribution in [-0.4, -0.2) is 51.0 Å². The monoisotopic (exact) mass is 279 g/mol. The summed E-state index contributed by atoms with van der Waals surface area (Å²) in [5.74, 6) is 0.475. The summed E-state index contributed by atoms with van der Waals surface area (Å²) in [5, 5.41) is 0. The van der Waals surface area contributed by atoms with Gasteiger partial charge in [0.25, 0.3) is 0 Å². The van der Waals surface area contributed by atoms with Gasteiger partial charge >= 0.3 is 0 Å². The summed E-state index contributed by atoms with van der Waals surface area (Å²) >= 11 is 5.30. The number of imidazole rings is 1. The number of methoxy groups -OCH3 is 1. The van der Waals surface area contributed by atoms with E-state index in [0.29, 0.717) is 21.8 Å². The summed E-state index contributed by atoms with van der Waals surface area (Å²) in [6, 6.07) is -0.300. The molecule has 1 atom stereocenters. The highest BCUT2D eigenvalue weighted by atomic mass is 32.1. The fourth-order valence-corrected chi connectivity index (χ4v) is 2.72. The highest BCUT2D eigenvalue weighted by molar-refractivity contribution is 7.71. The molecule has 0 aromatic carbocycles. The largest absolute Gasteiger partial charge is 0.479 e. The molecule has 3 heterocycles. The molecule has 0 saturated carbocycles. The first-order chi connectivity index (χ1) is 9.13. The Balaban J connectivity index is 2.22. The molecule has 2 aromatic heterocycles. The summed E-state index contributed by atoms with van der Waals surface area (Å²) in [4.78, 5) is 25.1.